The van der Waals surface area contributed by atoms with Gasteiger partial charge in [-0.15, -0.1) is 0 Å². The van der Waals surface area contributed by atoms with Crippen molar-refractivity contribution in [3.8, 4) is 5.75 Å². The first-order chi connectivity index (χ1) is 13.5. The van der Waals surface area contributed by atoms with E-state index in [4.69, 9.17) is 4.74 Å². The third-order valence-electron chi connectivity index (χ3n) is 4.76. The molecule has 3 aromatic rings. The first-order valence-corrected chi connectivity index (χ1v) is 9.32. The second-order valence-corrected chi connectivity index (χ2v) is 7.22. The summed E-state index contributed by atoms with van der Waals surface area (Å²) in [5.41, 5.74) is 2.39. The number of para-hydroxylation sites is 4. The topological polar surface area (TPSA) is 96.1 Å². The van der Waals surface area contributed by atoms with Crippen molar-refractivity contribution in [3.63, 3.8) is 0 Å². The average Bonchev–Trinajstić information content (AvgIpc) is 3.10. The van der Waals surface area contributed by atoms with Gasteiger partial charge in [0.2, 0.25) is 5.91 Å². The van der Waals surface area contributed by atoms with Gasteiger partial charge in [0.25, 0.3) is 5.91 Å². The maximum absolute atomic E-state index is 12.7. The lowest BCUT2D eigenvalue weighted by Gasteiger charge is -2.26. The van der Waals surface area contributed by atoms with Crippen LogP contribution in [0.15, 0.2) is 48.5 Å². The molecule has 0 unspecified atom stereocenters. The van der Waals surface area contributed by atoms with Crippen molar-refractivity contribution in [1.82, 2.24) is 15.3 Å². The Kier molecular flexibility index (Phi) is 4.73. The molecule has 1 aliphatic heterocycles. The van der Waals surface area contributed by atoms with E-state index in [1.54, 1.807) is 12.1 Å². The van der Waals surface area contributed by atoms with Gasteiger partial charge in [-0.3, -0.25) is 9.59 Å². The molecule has 2 heterocycles. The minimum Gasteiger partial charge on any atom is -0.478 e. The average molecular weight is 378 g/mol. The van der Waals surface area contributed by atoms with E-state index >= 15 is 0 Å². The van der Waals surface area contributed by atoms with Crippen LogP contribution in [0.25, 0.3) is 11.0 Å². The van der Waals surface area contributed by atoms with E-state index < -0.39 is 6.10 Å². The molecule has 1 aliphatic rings. The van der Waals surface area contributed by atoms with Crippen LogP contribution in [-0.2, 0) is 9.59 Å². The van der Waals surface area contributed by atoms with Crippen LogP contribution < -0.4 is 15.4 Å². The molecule has 7 heteroatoms. The SMILES string of the molecule is CC(C)[C@H](NC(=O)C[C@H]1Oc2ccccc2NC1=O)c1nc2ccccc2[nH]1. The zero-order valence-electron chi connectivity index (χ0n) is 15.7. The minimum atomic E-state index is -0.863. The van der Waals surface area contributed by atoms with Gasteiger partial charge in [-0.2, -0.15) is 0 Å². The maximum Gasteiger partial charge on any atom is 0.266 e. The Morgan fingerprint density at radius 2 is 1.93 bits per heavy atom. The summed E-state index contributed by atoms with van der Waals surface area (Å²) in [6.07, 6.45) is -0.928. The molecule has 144 valence electrons. The number of hydrogen-bond donors (Lipinski definition) is 3. The Balaban J connectivity index is 1.47. The number of aromatic nitrogens is 2. The molecule has 2 amide bonds. The van der Waals surface area contributed by atoms with Crippen LogP contribution in [0.5, 0.6) is 5.75 Å². The number of nitrogens with one attached hydrogen (secondary N) is 3. The Morgan fingerprint density at radius 3 is 2.71 bits per heavy atom. The fourth-order valence-electron chi connectivity index (χ4n) is 3.30. The van der Waals surface area contributed by atoms with Gasteiger partial charge in [-0.05, 0) is 30.2 Å². The number of imidazole rings is 1. The summed E-state index contributed by atoms with van der Waals surface area (Å²) in [4.78, 5) is 32.8. The van der Waals surface area contributed by atoms with Crippen LogP contribution in [-0.4, -0.2) is 27.9 Å². The number of fused-ring (bicyclic) bond motifs is 2. The molecule has 1 aromatic heterocycles. The quantitative estimate of drug-likeness (QED) is 0.635. The van der Waals surface area contributed by atoms with E-state index in [0.717, 1.165) is 11.0 Å². The van der Waals surface area contributed by atoms with Crippen LogP contribution in [0.1, 0.15) is 32.1 Å². The third kappa shape index (κ3) is 3.55. The fraction of sp³-hybridized carbons (Fsp3) is 0.286. The normalized spacial score (nSPS) is 17.0. The molecule has 0 aliphatic carbocycles. The second kappa shape index (κ2) is 7.34. The highest BCUT2D eigenvalue weighted by Gasteiger charge is 2.31. The summed E-state index contributed by atoms with van der Waals surface area (Å²) >= 11 is 0. The van der Waals surface area contributed by atoms with Crippen molar-refractivity contribution >= 4 is 28.5 Å². The number of amides is 2. The molecular formula is C21H22N4O3. The molecule has 28 heavy (non-hydrogen) atoms. The standard InChI is InChI=1S/C21H22N4O3/c1-12(2)19(20-22-13-7-3-4-8-14(13)23-20)25-18(26)11-17-21(27)24-15-9-5-6-10-16(15)28-17/h3-10,12,17,19H,11H2,1-2H3,(H,22,23)(H,24,27)(H,25,26)/t17-,19+/m1/s1. The monoisotopic (exact) mass is 378 g/mol. The van der Waals surface area contributed by atoms with Gasteiger partial charge in [0.05, 0.1) is 29.2 Å². The van der Waals surface area contributed by atoms with E-state index in [1.165, 1.54) is 0 Å². The van der Waals surface area contributed by atoms with Crippen molar-refractivity contribution in [3.05, 3.63) is 54.4 Å². The number of H-pyrrole nitrogens is 1. The lowest BCUT2D eigenvalue weighted by molar-refractivity contribution is -0.131. The predicted octanol–water partition coefficient (Wildman–Crippen LogP) is 3.17. The molecular weight excluding hydrogens is 356 g/mol. The van der Waals surface area contributed by atoms with E-state index in [2.05, 4.69) is 20.6 Å². The molecule has 2 aromatic carbocycles. The smallest absolute Gasteiger partial charge is 0.266 e. The molecule has 0 spiro atoms. The highest BCUT2D eigenvalue weighted by atomic mass is 16.5. The Hall–Kier alpha value is -3.35. The summed E-state index contributed by atoms with van der Waals surface area (Å²) in [6, 6.07) is 14.6. The minimum absolute atomic E-state index is 0.0659. The van der Waals surface area contributed by atoms with Crippen LogP contribution in [0, 0.1) is 5.92 Å². The molecule has 2 atom stereocenters. The van der Waals surface area contributed by atoms with E-state index in [0.29, 0.717) is 17.3 Å². The van der Waals surface area contributed by atoms with Gasteiger partial charge in [0, 0.05) is 0 Å². The predicted molar refractivity (Wildman–Crippen MR) is 106 cm³/mol. The van der Waals surface area contributed by atoms with Gasteiger partial charge in [0.1, 0.15) is 11.6 Å². The molecule has 4 rings (SSSR count). The zero-order valence-corrected chi connectivity index (χ0v) is 15.7. The molecule has 0 saturated heterocycles. The number of nitrogens with zero attached hydrogens (tertiary/aromatic N) is 1. The summed E-state index contributed by atoms with van der Waals surface area (Å²) in [5.74, 6) is 0.796. The molecule has 0 fully saturated rings. The second-order valence-electron chi connectivity index (χ2n) is 7.22. The summed E-state index contributed by atoms with van der Waals surface area (Å²) in [5, 5.41) is 5.77. The summed E-state index contributed by atoms with van der Waals surface area (Å²) in [7, 11) is 0. The van der Waals surface area contributed by atoms with Crippen molar-refractivity contribution < 1.29 is 14.3 Å². The number of hydrogen-bond acceptors (Lipinski definition) is 4. The number of carbonyl (C=O) groups excluding carboxylic acids is 2. The third-order valence-corrected chi connectivity index (χ3v) is 4.76. The van der Waals surface area contributed by atoms with E-state index in [9.17, 15) is 9.59 Å². The maximum atomic E-state index is 12.7. The molecule has 7 nitrogen and oxygen atoms in total. The lowest BCUT2D eigenvalue weighted by atomic mass is 10.0. The highest BCUT2D eigenvalue weighted by molar-refractivity contribution is 6.00. The van der Waals surface area contributed by atoms with E-state index in [1.807, 2.05) is 50.2 Å². The number of anilines is 1. The zero-order chi connectivity index (χ0) is 19.7. The van der Waals surface area contributed by atoms with Gasteiger partial charge in [0.15, 0.2) is 6.10 Å². The van der Waals surface area contributed by atoms with Gasteiger partial charge >= 0.3 is 0 Å². The number of benzene rings is 2. The van der Waals surface area contributed by atoms with Gasteiger partial charge in [-0.25, -0.2) is 4.98 Å². The molecule has 0 bridgehead atoms. The first kappa shape index (κ1) is 18.0. The van der Waals surface area contributed by atoms with Gasteiger partial charge < -0.3 is 20.4 Å². The van der Waals surface area contributed by atoms with Crippen molar-refractivity contribution in [2.45, 2.75) is 32.4 Å². The Labute approximate surface area is 162 Å². The largest absolute Gasteiger partial charge is 0.478 e. The Bertz CT molecular complexity index is 994. The van der Waals surface area contributed by atoms with Crippen molar-refractivity contribution in [2.24, 2.45) is 5.92 Å². The lowest BCUT2D eigenvalue weighted by Crippen LogP contribution is -2.42. The van der Waals surface area contributed by atoms with Crippen LogP contribution >= 0.6 is 0 Å². The van der Waals surface area contributed by atoms with Gasteiger partial charge in [-0.1, -0.05) is 38.1 Å². The Morgan fingerprint density at radius 1 is 1.18 bits per heavy atom. The first-order valence-electron chi connectivity index (χ1n) is 9.32. The fourth-order valence-corrected chi connectivity index (χ4v) is 3.30. The number of ether oxygens (including phenoxy) is 1. The van der Waals surface area contributed by atoms with E-state index in [-0.39, 0.29) is 30.2 Å². The molecule has 3 N–H and O–H groups in total. The summed E-state index contributed by atoms with van der Waals surface area (Å²) < 4.78 is 5.71. The van der Waals surface area contributed by atoms with Crippen molar-refractivity contribution in [1.29, 1.82) is 0 Å². The number of aromatic amines is 1. The highest BCUT2D eigenvalue weighted by Crippen LogP contribution is 2.30. The summed E-state index contributed by atoms with van der Waals surface area (Å²) in [6.45, 7) is 4.02. The van der Waals surface area contributed by atoms with Crippen molar-refractivity contribution in [2.75, 3.05) is 5.32 Å². The van der Waals surface area contributed by atoms with Crippen LogP contribution in [0.2, 0.25) is 0 Å². The number of rotatable bonds is 5. The molecule has 0 radical (unpaired) electrons. The molecule has 0 saturated carbocycles. The van der Waals surface area contributed by atoms with Crippen LogP contribution in [0.3, 0.4) is 0 Å². The number of carbonyl (C=O) groups is 2. The van der Waals surface area contributed by atoms with Crippen LogP contribution in [0.4, 0.5) is 5.69 Å².